The van der Waals surface area contributed by atoms with E-state index in [1.165, 1.54) is 15.8 Å². The lowest BCUT2D eigenvalue weighted by atomic mass is 9.98. The lowest BCUT2D eigenvalue weighted by Gasteiger charge is -2.32. The number of carbonyl (C=O) groups excluding carboxylic acids is 1. The zero-order chi connectivity index (χ0) is 28.6. The fourth-order valence-corrected chi connectivity index (χ4v) is 4.93. The summed E-state index contributed by atoms with van der Waals surface area (Å²) in [5.74, 6) is 0.724. The number of amides is 1. The minimum atomic E-state index is -0.469. The molecule has 41 heavy (non-hydrogen) atoms. The van der Waals surface area contributed by atoms with E-state index < -0.39 is 6.09 Å². The Kier molecular flexibility index (Phi) is 9.15. The van der Waals surface area contributed by atoms with E-state index in [2.05, 4.69) is 36.0 Å². The Labute approximate surface area is 240 Å². The molecule has 0 atom stereocenters. The third-order valence-corrected chi connectivity index (χ3v) is 7.39. The average Bonchev–Trinajstić information content (AvgIpc) is 3.37. The number of benzene rings is 3. The van der Waals surface area contributed by atoms with Crippen LogP contribution in [0.15, 0.2) is 90.0 Å². The third kappa shape index (κ3) is 7.24. The van der Waals surface area contributed by atoms with E-state index in [0.29, 0.717) is 12.6 Å². The van der Waals surface area contributed by atoms with Gasteiger partial charge in [-0.15, -0.1) is 0 Å². The number of nitrogens with zero attached hydrogens (tertiary/aromatic N) is 5. The summed E-state index contributed by atoms with van der Waals surface area (Å²) in [6, 6.07) is 25.7. The maximum absolute atomic E-state index is 13.3. The van der Waals surface area contributed by atoms with E-state index in [-0.39, 0.29) is 32.0 Å². The molecule has 1 aliphatic heterocycles. The number of hydrogen-bond acceptors (Lipinski definition) is 6. The largest absolute Gasteiger partial charge is 0.492 e. The summed E-state index contributed by atoms with van der Waals surface area (Å²) >= 11 is 0. The maximum Gasteiger partial charge on any atom is 0.410 e. The van der Waals surface area contributed by atoms with Gasteiger partial charge in [0, 0.05) is 25.7 Å². The molecule has 9 heteroatoms. The summed E-state index contributed by atoms with van der Waals surface area (Å²) in [4.78, 5) is 30.3. The predicted octanol–water partition coefficient (Wildman–Crippen LogP) is 4.52. The van der Waals surface area contributed by atoms with Crippen LogP contribution in [0, 0.1) is 0 Å². The zero-order valence-corrected chi connectivity index (χ0v) is 23.7. The van der Waals surface area contributed by atoms with Crippen LogP contribution in [0.1, 0.15) is 30.5 Å². The molecule has 0 N–H and O–H groups in total. The molecule has 0 unspecified atom stereocenters. The standard InChI is InChI=1S/C32H37N5O4/c1-25(2)35-16-15-27-21-29(14-13-28(27)22-35)36-24-33-37(31(36)38)18-17-34(19-20-40-30-11-7-4-8-12-30)32(39)41-23-26-9-5-3-6-10-26/h3-14,21,24-25H,15-20,22-23H2,1-2H3. The van der Waals surface area contributed by atoms with Crippen molar-refractivity contribution in [2.24, 2.45) is 0 Å². The molecule has 2 heterocycles. The first kappa shape index (κ1) is 28.2. The van der Waals surface area contributed by atoms with Crippen molar-refractivity contribution in [3.05, 3.63) is 112 Å². The average molecular weight is 556 g/mol. The molecule has 1 amide bonds. The van der Waals surface area contributed by atoms with Crippen LogP contribution >= 0.6 is 0 Å². The monoisotopic (exact) mass is 555 g/mol. The van der Waals surface area contributed by atoms with Crippen LogP contribution in [0.5, 0.6) is 5.75 Å². The highest BCUT2D eigenvalue weighted by Crippen LogP contribution is 2.23. The summed E-state index contributed by atoms with van der Waals surface area (Å²) < 4.78 is 14.3. The molecule has 0 bridgehead atoms. The summed E-state index contributed by atoms with van der Waals surface area (Å²) in [5.41, 5.74) is 4.02. The minimum absolute atomic E-state index is 0.164. The molecule has 9 nitrogen and oxygen atoms in total. The second-order valence-electron chi connectivity index (χ2n) is 10.5. The highest BCUT2D eigenvalue weighted by molar-refractivity contribution is 5.67. The molecule has 214 valence electrons. The topological polar surface area (TPSA) is 81.8 Å². The second kappa shape index (κ2) is 13.3. The van der Waals surface area contributed by atoms with Crippen LogP contribution < -0.4 is 10.4 Å². The van der Waals surface area contributed by atoms with E-state index in [0.717, 1.165) is 36.5 Å². The number of fused-ring (bicyclic) bond motifs is 1. The first-order valence-electron chi connectivity index (χ1n) is 14.1. The van der Waals surface area contributed by atoms with Gasteiger partial charge in [-0.25, -0.2) is 18.8 Å². The number of rotatable bonds is 11. The van der Waals surface area contributed by atoms with Gasteiger partial charge in [0.1, 0.15) is 25.3 Å². The minimum Gasteiger partial charge on any atom is -0.492 e. The Morgan fingerprint density at radius 1 is 0.976 bits per heavy atom. The van der Waals surface area contributed by atoms with Crippen molar-refractivity contribution in [1.82, 2.24) is 24.1 Å². The van der Waals surface area contributed by atoms with Crippen LogP contribution in [0.2, 0.25) is 0 Å². The number of hydrogen-bond donors (Lipinski definition) is 0. The van der Waals surface area contributed by atoms with Crippen molar-refractivity contribution in [1.29, 1.82) is 0 Å². The van der Waals surface area contributed by atoms with Crippen LogP contribution in [0.3, 0.4) is 0 Å². The first-order chi connectivity index (χ1) is 20.0. The Hall–Kier alpha value is -4.37. The van der Waals surface area contributed by atoms with Crippen molar-refractivity contribution < 1.29 is 14.3 Å². The maximum atomic E-state index is 13.3. The lowest BCUT2D eigenvalue weighted by Crippen LogP contribution is -2.39. The Balaban J connectivity index is 1.24. The predicted molar refractivity (Wildman–Crippen MR) is 157 cm³/mol. The van der Waals surface area contributed by atoms with Gasteiger partial charge in [0.15, 0.2) is 0 Å². The van der Waals surface area contributed by atoms with Crippen molar-refractivity contribution in [3.63, 3.8) is 0 Å². The van der Waals surface area contributed by atoms with Gasteiger partial charge >= 0.3 is 11.8 Å². The molecule has 0 saturated heterocycles. The van der Waals surface area contributed by atoms with Crippen molar-refractivity contribution in [3.8, 4) is 11.4 Å². The van der Waals surface area contributed by atoms with Crippen molar-refractivity contribution >= 4 is 6.09 Å². The molecule has 4 aromatic rings. The molecule has 0 aliphatic carbocycles. The Bertz CT molecular complexity index is 1480. The summed E-state index contributed by atoms with van der Waals surface area (Å²) in [7, 11) is 0. The van der Waals surface area contributed by atoms with Crippen LogP contribution in [0.4, 0.5) is 4.79 Å². The summed E-state index contributed by atoms with van der Waals surface area (Å²) in [6.07, 6.45) is 2.03. The molecule has 1 aliphatic rings. The molecule has 3 aromatic carbocycles. The Morgan fingerprint density at radius 2 is 1.73 bits per heavy atom. The van der Waals surface area contributed by atoms with E-state index in [9.17, 15) is 9.59 Å². The number of aromatic nitrogens is 3. The molecule has 0 spiro atoms. The van der Waals surface area contributed by atoms with Gasteiger partial charge in [-0.3, -0.25) is 4.90 Å². The fraction of sp³-hybridized carbons (Fsp3) is 0.344. The highest BCUT2D eigenvalue weighted by Gasteiger charge is 2.20. The van der Waals surface area contributed by atoms with Crippen LogP contribution in [0.25, 0.3) is 5.69 Å². The zero-order valence-electron chi connectivity index (χ0n) is 23.7. The first-order valence-corrected chi connectivity index (χ1v) is 14.1. The van der Waals surface area contributed by atoms with Gasteiger partial charge in [-0.2, -0.15) is 5.10 Å². The number of para-hydroxylation sites is 1. The number of carbonyl (C=O) groups is 1. The van der Waals surface area contributed by atoms with Gasteiger partial charge in [0.2, 0.25) is 0 Å². The van der Waals surface area contributed by atoms with Gasteiger partial charge in [0.05, 0.1) is 18.8 Å². The van der Waals surface area contributed by atoms with Crippen molar-refractivity contribution in [2.45, 2.75) is 46.0 Å². The third-order valence-electron chi connectivity index (χ3n) is 7.39. The quantitative estimate of drug-likeness (QED) is 0.271. The molecule has 0 saturated carbocycles. The fourth-order valence-electron chi connectivity index (χ4n) is 4.93. The summed E-state index contributed by atoms with van der Waals surface area (Å²) in [6.45, 7) is 7.59. The SMILES string of the molecule is CC(C)N1CCc2cc(-n3cnn(CCN(CCOc4ccccc4)C(=O)OCc4ccccc4)c3=O)ccc2C1. The van der Waals surface area contributed by atoms with Crippen LogP contribution in [-0.2, 0) is 30.9 Å². The van der Waals surface area contributed by atoms with Gasteiger partial charge in [0.25, 0.3) is 0 Å². The van der Waals surface area contributed by atoms with Gasteiger partial charge in [-0.05, 0) is 61.2 Å². The molecule has 5 rings (SSSR count). The van der Waals surface area contributed by atoms with Crippen molar-refractivity contribution in [2.75, 3.05) is 26.2 Å². The summed E-state index contributed by atoms with van der Waals surface area (Å²) in [5, 5.41) is 4.34. The normalized spacial score (nSPS) is 13.1. The molecule has 0 radical (unpaired) electrons. The number of ether oxygens (including phenoxy) is 2. The van der Waals surface area contributed by atoms with E-state index in [1.807, 2.05) is 66.7 Å². The second-order valence-corrected chi connectivity index (χ2v) is 10.5. The molecular weight excluding hydrogens is 518 g/mol. The molecule has 0 fully saturated rings. The Morgan fingerprint density at radius 3 is 2.49 bits per heavy atom. The lowest BCUT2D eigenvalue weighted by molar-refractivity contribution is 0.0884. The molecule has 1 aromatic heterocycles. The highest BCUT2D eigenvalue weighted by atomic mass is 16.6. The van der Waals surface area contributed by atoms with Gasteiger partial charge < -0.3 is 14.4 Å². The van der Waals surface area contributed by atoms with Gasteiger partial charge in [-0.1, -0.05) is 54.6 Å². The van der Waals surface area contributed by atoms with Crippen LogP contribution in [-0.4, -0.2) is 62.5 Å². The van der Waals surface area contributed by atoms with E-state index in [4.69, 9.17) is 9.47 Å². The van der Waals surface area contributed by atoms with E-state index in [1.54, 1.807) is 15.8 Å². The van der Waals surface area contributed by atoms with E-state index >= 15 is 0 Å². The molecular formula is C32H37N5O4. The smallest absolute Gasteiger partial charge is 0.410 e.